The Bertz CT molecular complexity index is 931. The van der Waals surface area contributed by atoms with E-state index >= 15 is 0 Å². The van der Waals surface area contributed by atoms with Crippen molar-refractivity contribution in [3.05, 3.63) is 102 Å². The first-order valence-corrected chi connectivity index (χ1v) is 9.31. The van der Waals surface area contributed by atoms with Crippen molar-refractivity contribution in [1.29, 1.82) is 0 Å². The minimum Gasteiger partial charge on any atom is -0.338 e. The topological polar surface area (TPSA) is 70.2 Å². The maximum absolute atomic E-state index is 13.0. The highest BCUT2D eigenvalue weighted by Crippen LogP contribution is 2.16. The van der Waals surface area contributed by atoms with Crippen LogP contribution >= 0.6 is 0 Å². The fourth-order valence-electron chi connectivity index (χ4n) is 2.84. The molecule has 5 nitrogen and oxygen atoms in total. The molecule has 0 saturated carbocycles. The van der Waals surface area contributed by atoms with Crippen molar-refractivity contribution in [2.45, 2.75) is 12.5 Å². The summed E-state index contributed by atoms with van der Waals surface area (Å²) < 4.78 is 13.0. The summed E-state index contributed by atoms with van der Waals surface area (Å²) in [5, 5.41) is 8.28. The van der Waals surface area contributed by atoms with Gasteiger partial charge in [-0.3, -0.25) is 4.79 Å². The fourth-order valence-corrected chi connectivity index (χ4v) is 2.84. The van der Waals surface area contributed by atoms with Gasteiger partial charge in [0.15, 0.2) is 0 Å². The van der Waals surface area contributed by atoms with Gasteiger partial charge in [-0.15, -0.1) is 0 Å². The molecule has 0 heterocycles. The van der Waals surface area contributed by atoms with E-state index in [2.05, 4.69) is 16.0 Å². The number of nitrogens with one attached hydrogen (secondary N) is 3. The van der Waals surface area contributed by atoms with Crippen molar-refractivity contribution in [1.82, 2.24) is 10.6 Å². The Kier molecular flexibility index (Phi) is 6.95. The van der Waals surface area contributed by atoms with Crippen LogP contribution in [0.2, 0.25) is 0 Å². The van der Waals surface area contributed by atoms with Crippen molar-refractivity contribution in [2.24, 2.45) is 0 Å². The van der Waals surface area contributed by atoms with Crippen molar-refractivity contribution in [2.75, 3.05) is 11.9 Å². The second kappa shape index (κ2) is 10.0. The molecule has 3 aromatic carbocycles. The lowest BCUT2D eigenvalue weighted by Gasteiger charge is -2.19. The monoisotopic (exact) mass is 391 g/mol. The summed E-state index contributed by atoms with van der Waals surface area (Å²) in [4.78, 5) is 25.2. The van der Waals surface area contributed by atoms with E-state index in [1.165, 1.54) is 12.1 Å². The van der Waals surface area contributed by atoms with Gasteiger partial charge in [0.1, 0.15) is 11.9 Å². The number of amides is 3. The van der Waals surface area contributed by atoms with Crippen LogP contribution in [0.1, 0.15) is 17.2 Å². The smallest absolute Gasteiger partial charge is 0.315 e. The number of para-hydroxylation sites is 1. The first kappa shape index (κ1) is 20.1. The van der Waals surface area contributed by atoms with E-state index in [-0.39, 0.29) is 11.7 Å². The van der Waals surface area contributed by atoms with Gasteiger partial charge in [0.05, 0.1) is 0 Å². The van der Waals surface area contributed by atoms with E-state index in [0.717, 1.165) is 5.56 Å². The first-order chi connectivity index (χ1) is 14.1. The highest BCUT2D eigenvalue weighted by Gasteiger charge is 2.22. The summed E-state index contributed by atoms with van der Waals surface area (Å²) in [7, 11) is 0. The number of carbonyl (C=O) groups excluding carboxylic acids is 2. The molecule has 0 unspecified atom stereocenters. The minimum atomic E-state index is -0.845. The molecule has 0 aliphatic heterocycles. The zero-order valence-electron chi connectivity index (χ0n) is 15.8. The summed E-state index contributed by atoms with van der Waals surface area (Å²) in [5.74, 6) is -0.634. The average Bonchev–Trinajstić information content (AvgIpc) is 2.75. The Morgan fingerprint density at radius 1 is 0.828 bits per heavy atom. The number of hydrogen-bond acceptors (Lipinski definition) is 2. The maximum Gasteiger partial charge on any atom is 0.315 e. The third kappa shape index (κ3) is 6.17. The summed E-state index contributed by atoms with van der Waals surface area (Å²) in [5.41, 5.74) is 2.24. The Morgan fingerprint density at radius 2 is 1.45 bits per heavy atom. The number of halogens is 1. The molecule has 3 rings (SSSR count). The number of benzene rings is 3. The molecule has 0 aliphatic carbocycles. The largest absolute Gasteiger partial charge is 0.338 e. The molecule has 3 aromatic rings. The van der Waals surface area contributed by atoms with Gasteiger partial charge in [-0.1, -0.05) is 60.7 Å². The molecule has 0 aliphatic rings. The minimum absolute atomic E-state index is 0.297. The van der Waals surface area contributed by atoms with E-state index in [9.17, 15) is 14.0 Å². The van der Waals surface area contributed by atoms with E-state index in [4.69, 9.17) is 0 Å². The van der Waals surface area contributed by atoms with Gasteiger partial charge in [-0.2, -0.15) is 0 Å². The lowest BCUT2D eigenvalue weighted by molar-refractivity contribution is -0.118. The quantitative estimate of drug-likeness (QED) is 0.569. The van der Waals surface area contributed by atoms with Crippen LogP contribution in [0.25, 0.3) is 0 Å². The molecule has 0 spiro atoms. The van der Waals surface area contributed by atoms with Crippen LogP contribution in [0, 0.1) is 5.82 Å². The van der Waals surface area contributed by atoms with Crippen LogP contribution in [0.3, 0.4) is 0 Å². The average molecular weight is 391 g/mol. The molecular formula is C23H22FN3O2. The van der Waals surface area contributed by atoms with Gasteiger partial charge in [0.2, 0.25) is 0 Å². The Balaban J connectivity index is 1.61. The van der Waals surface area contributed by atoms with Crippen LogP contribution in [-0.2, 0) is 11.2 Å². The molecule has 3 N–H and O–H groups in total. The van der Waals surface area contributed by atoms with Crippen molar-refractivity contribution in [3.8, 4) is 0 Å². The number of urea groups is 1. The second-order valence-corrected chi connectivity index (χ2v) is 6.48. The van der Waals surface area contributed by atoms with E-state index in [0.29, 0.717) is 24.2 Å². The molecule has 6 heteroatoms. The predicted molar refractivity (Wildman–Crippen MR) is 111 cm³/mol. The summed E-state index contributed by atoms with van der Waals surface area (Å²) in [6.45, 7) is 0.360. The van der Waals surface area contributed by atoms with Crippen LogP contribution < -0.4 is 16.0 Å². The molecule has 29 heavy (non-hydrogen) atoms. The van der Waals surface area contributed by atoms with Gasteiger partial charge in [-0.05, 0) is 41.8 Å². The van der Waals surface area contributed by atoms with Crippen LogP contribution in [-0.4, -0.2) is 18.5 Å². The summed E-state index contributed by atoms with van der Waals surface area (Å²) in [6, 6.07) is 22.9. The van der Waals surface area contributed by atoms with Crippen LogP contribution in [0.4, 0.5) is 14.9 Å². The molecule has 0 fully saturated rings. The Morgan fingerprint density at radius 3 is 2.10 bits per heavy atom. The van der Waals surface area contributed by atoms with Gasteiger partial charge in [0.25, 0.3) is 5.91 Å². The van der Waals surface area contributed by atoms with E-state index in [1.807, 2.05) is 36.4 Å². The SMILES string of the molecule is O=C(NCCc1ccc(F)cc1)N[C@@H](C(=O)Nc1ccccc1)c1ccccc1. The normalized spacial score (nSPS) is 11.3. The second-order valence-electron chi connectivity index (χ2n) is 6.48. The lowest BCUT2D eigenvalue weighted by Crippen LogP contribution is -2.43. The summed E-state index contributed by atoms with van der Waals surface area (Å²) in [6.07, 6.45) is 0.555. The van der Waals surface area contributed by atoms with Gasteiger partial charge in [-0.25, -0.2) is 9.18 Å². The number of hydrogen-bond donors (Lipinski definition) is 3. The summed E-state index contributed by atoms with van der Waals surface area (Å²) >= 11 is 0. The zero-order valence-corrected chi connectivity index (χ0v) is 15.8. The fraction of sp³-hybridized carbons (Fsp3) is 0.130. The highest BCUT2D eigenvalue weighted by molar-refractivity contribution is 5.97. The molecule has 3 amide bonds. The molecule has 0 radical (unpaired) electrons. The van der Waals surface area contributed by atoms with Crippen molar-refractivity contribution in [3.63, 3.8) is 0 Å². The van der Waals surface area contributed by atoms with Gasteiger partial charge in [0, 0.05) is 12.2 Å². The third-order valence-corrected chi connectivity index (χ3v) is 4.32. The molecule has 0 saturated heterocycles. The molecular weight excluding hydrogens is 369 g/mol. The Hall–Kier alpha value is -3.67. The predicted octanol–water partition coefficient (Wildman–Crippen LogP) is 4.05. The van der Waals surface area contributed by atoms with Gasteiger partial charge >= 0.3 is 6.03 Å². The standard InChI is InChI=1S/C23H22FN3O2/c24-19-13-11-17(12-14-19)15-16-25-23(29)27-21(18-7-3-1-4-8-18)22(28)26-20-9-5-2-6-10-20/h1-14,21H,15-16H2,(H,26,28)(H2,25,27,29)/t21-/m1/s1. The highest BCUT2D eigenvalue weighted by atomic mass is 19.1. The lowest BCUT2D eigenvalue weighted by atomic mass is 10.1. The third-order valence-electron chi connectivity index (χ3n) is 4.32. The number of anilines is 1. The zero-order chi connectivity index (χ0) is 20.5. The number of rotatable bonds is 7. The van der Waals surface area contributed by atoms with E-state index < -0.39 is 12.1 Å². The van der Waals surface area contributed by atoms with E-state index in [1.54, 1.807) is 36.4 Å². The van der Waals surface area contributed by atoms with Crippen molar-refractivity contribution < 1.29 is 14.0 Å². The molecule has 148 valence electrons. The van der Waals surface area contributed by atoms with Crippen LogP contribution in [0.5, 0.6) is 0 Å². The molecule has 1 atom stereocenters. The number of carbonyl (C=O) groups is 2. The Labute approximate surface area is 169 Å². The van der Waals surface area contributed by atoms with Crippen LogP contribution in [0.15, 0.2) is 84.9 Å². The molecule has 0 aromatic heterocycles. The first-order valence-electron chi connectivity index (χ1n) is 9.31. The maximum atomic E-state index is 13.0. The van der Waals surface area contributed by atoms with Gasteiger partial charge < -0.3 is 16.0 Å². The van der Waals surface area contributed by atoms with Crippen molar-refractivity contribution >= 4 is 17.6 Å². The molecule has 0 bridgehead atoms.